The Labute approximate surface area is 196 Å². The van der Waals surface area contributed by atoms with Crippen molar-refractivity contribution in [2.24, 2.45) is 0 Å². The smallest absolute Gasteiger partial charge is 0.311 e. The largest absolute Gasteiger partial charge is 0.514 e. The molecule has 0 spiro atoms. The van der Waals surface area contributed by atoms with Crippen LogP contribution < -0.4 is 10.6 Å². The van der Waals surface area contributed by atoms with Gasteiger partial charge in [-0.15, -0.1) is 0 Å². The average molecular weight is 472 g/mol. The van der Waals surface area contributed by atoms with Crippen LogP contribution in [0.4, 0.5) is 0 Å². The van der Waals surface area contributed by atoms with Gasteiger partial charge in [0.15, 0.2) is 0 Å². The van der Waals surface area contributed by atoms with Gasteiger partial charge in [-0.1, -0.05) is 18.2 Å². The Morgan fingerprint density at radius 2 is 1.91 bits per heavy atom. The summed E-state index contributed by atoms with van der Waals surface area (Å²) >= 11 is 0. The Morgan fingerprint density at radius 1 is 1.18 bits per heavy atom. The van der Waals surface area contributed by atoms with Gasteiger partial charge < -0.3 is 20.5 Å². The second-order valence-electron chi connectivity index (χ2n) is 7.91. The van der Waals surface area contributed by atoms with E-state index >= 15 is 0 Å². The number of hydrogen-bond acceptors (Lipinski definition) is 7. The summed E-state index contributed by atoms with van der Waals surface area (Å²) in [5.74, 6) is -2.66. The predicted octanol–water partition coefficient (Wildman–Crippen LogP) is 0.782. The molecule has 11 nitrogen and oxygen atoms in total. The first-order valence-electron chi connectivity index (χ1n) is 11.1. The lowest BCUT2D eigenvalue weighted by Gasteiger charge is -2.43. The van der Waals surface area contributed by atoms with Crippen molar-refractivity contribution < 1.29 is 33.8 Å². The molecule has 2 fully saturated rings. The molecule has 4 amide bonds. The maximum absolute atomic E-state index is 13.4. The Kier molecular flexibility index (Phi) is 8.23. The zero-order chi connectivity index (χ0) is 24.7. The van der Waals surface area contributed by atoms with Crippen molar-refractivity contribution >= 4 is 29.6 Å². The molecule has 0 saturated carbocycles. The van der Waals surface area contributed by atoms with Gasteiger partial charge >= 0.3 is 5.97 Å². The summed E-state index contributed by atoms with van der Waals surface area (Å²) in [6.07, 6.45) is 1.09. The second-order valence-corrected chi connectivity index (χ2v) is 7.91. The van der Waals surface area contributed by atoms with Crippen LogP contribution in [-0.2, 0) is 23.9 Å². The van der Waals surface area contributed by atoms with Crippen LogP contribution in [0.25, 0.3) is 0 Å². The third kappa shape index (κ3) is 5.72. The number of benzene rings is 1. The maximum Gasteiger partial charge on any atom is 0.311 e. The molecule has 3 rings (SSSR count). The Balaban J connectivity index is 1.78. The molecule has 0 unspecified atom stereocenters. The maximum atomic E-state index is 13.4. The van der Waals surface area contributed by atoms with Crippen LogP contribution in [0.5, 0.6) is 0 Å². The molecule has 182 valence electrons. The first-order valence-corrected chi connectivity index (χ1v) is 11.1. The Bertz CT molecular complexity index is 979. The molecule has 34 heavy (non-hydrogen) atoms. The summed E-state index contributed by atoms with van der Waals surface area (Å²) in [6.45, 7) is 2.03. The van der Waals surface area contributed by atoms with Gasteiger partial charge in [0.2, 0.25) is 11.8 Å². The molecule has 0 aliphatic carbocycles. The van der Waals surface area contributed by atoms with Crippen molar-refractivity contribution in [1.82, 2.24) is 20.7 Å². The van der Waals surface area contributed by atoms with E-state index in [1.807, 2.05) is 0 Å². The van der Waals surface area contributed by atoms with E-state index in [4.69, 9.17) is 4.74 Å². The van der Waals surface area contributed by atoms with Gasteiger partial charge in [-0.3, -0.25) is 29.0 Å². The van der Waals surface area contributed by atoms with Crippen molar-refractivity contribution in [2.45, 2.75) is 51.1 Å². The molecule has 2 aliphatic heterocycles. The number of ether oxygens (including phenoxy) is 1. The molecular weight excluding hydrogens is 444 g/mol. The van der Waals surface area contributed by atoms with E-state index in [9.17, 15) is 29.1 Å². The number of aliphatic hydroxyl groups is 1. The number of nitrogens with zero attached hydrogens (tertiary/aromatic N) is 2. The number of carbonyl (C=O) groups is 5. The van der Waals surface area contributed by atoms with Crippen molar-refractivity contribution in [1.29, 1.82) is 0 Å². The van der Waals surface area contributed by atoms with Gasteiger partial charge in [0, 0.05) is 18.5 Å². The van der Waals surface area contributed by atoms with E-state index in [0.29, 0.717) is 18.2 Å². The van der Waals surface area contributed by atoms with E-state index in [1.54, 1.807) is 37.3 Å². The zero-order valence-corrected chi connectivity index (χ0v) is 18.9. The molecule has 1 aromatic carbocycles. The van der Waals surface area contributed by atoms with E-state index in [1.165, 1.54) is 5.01 Å². The number of amides is 4. The van der Waals surface area contributed by atoms with Crippen LogP contribution in [0.15, 0.2) is 42.3 Å². The number of rotatable bonds is 7. The van der Waals surface area contributed by atoms with Gasteiger partial charge in [-0.05, 0) is 38.3 Å². The lowest BCUT2D eigenvalue weighted by atomic mass is 10.1. The van der Waals surface area contributed by atoms with Crippen LogP contribution in [0, 0.1) is 0 Å². The van der Waals surface area contributed by atoms with Crippen LogP contribution in [0.2, 0.25) is 0 Å². The molecule has 3 N–H and O–H groups in total. The van der Waals surface area contributed by atoms with Crippen molar-refractivity contribution in [3.8, 4) is 0 Å². The molecule has 1 aromatic rings. The normalized spacial score (nSPS) is 20.8. The monoisotopic (exact) mass is 472 g/mol. The molecule has 2 saturated heterocycles. The molecule has 0 radical (unpaired) electrons. The predicted molar refractivity (Wildman–Crippen MR) is 119 cm³/mol. The number of carbonyl (C=O) groups excluding carboxylic acids is 5. The van der Waals surface area contributed by atoms with Crippen LogP contribution in [0.3, 0.4) is 0 Å². The highest BCUT2D eigenvalue weighted by molar-refractivity contribution is 5.99. The molecule has 11 heteroatoms. The third-order valence-corrected chi connectivity index (χ3v) is 5.59. The standard InChI is InChI=1S/C23H28N4O7/c1-2-34-20(30)13-16(14-28)24-22(32)18-9-6-12-26-19(29)11-10-17(23(33)27(18)26)25-21(31)15-7-4-3-5-8-15/h3-5,7-8,14,17-18,28H,2,6,9-13H2,1H3,(H,24,32)(H,25,31)/b16-14+/t17-,18-/m0/s1. The van der Waals surface area contributed by atoms with Gasteiger partial charge in [0.25, 0.3) is 11.8 Å². The Morgan fingerprint density at radius 3 is 2.59 bits per heavy atom. The number of hydrazine groups is 1. The van der Waals surface area contributed by atoms with E-state index < -0.39 is 35.8 Å². The fraction of sp³-hybridized carbons (Fsp3) is 0.435. The van der Waals surface area contributed by atoms with Crippen molar-refractivity contribution in [3.63, 3.8) is 0 Å². The summed E-state index contributed by atoms with van der Waals surface area (Å²) in [5, 5.41) is 16.9. The highest BCUT2D eigenvalue weighted by Gasteiger charge is 2.44. The Hall–Kier alpha value is -3.89. The van der Waals surface area contributed by atoms with Gasteiger partial charge in [-0.25, -0.2) is 5.01 Å². The van der Waals surface area contributed by atoms with Gasteiger partial charge in [0.05, 0.1) is 25.0 Å². The van der Waals surface area contributed by atoms with Crippen molar-refractivity contribution in [2.75, 3.05) is 13.2 Å². The fourth-order valence-electron chi connectivity index (χ4n) is 3.97. The lowest BCUT2D eigenvalue weighted by molar-refractivity contribution is -0.175. The SMILES string of the molecule is CCOC(=O)C/C(=C\O)NC(=O)[C@@H]1CCCN2C(=O)CC[C@H](NC(=O)c3ccccc3)C(=O)N12. The van der Waals surface area contributed by atoms with Crippen LogP contribution in [-0.4, -0.2) is 70.0 Å². The highest BCUT2D eigenvalue weighted by Crippen LogP contribution is 2.25. The quantitative estimate of drug-likeness (QED) is 0.393. The number of fused-ring (bicyclic) bond motifs is 1. The topological polar surface area (TPSA) is 145 Å². The molecule has 2 aliphatic rings. The summed E-state index contributed by atoms with van der Waals surface area (Å²) in [7, 11) is 0. The number of hydrogen-bond donors (Lipinski definition) is 3. The molecular formula is C23H28N4O7. The average Bonchev–Trinajstić information content (AvgIpc) is 2.96. The minimum atomic E-state index is -1.06. The minimum absolute atomic E-state index is 0.0287. The fourth-order valence-corrected chi connectivity index (χ4v) is 3.97. The second kappa shape index (κ2) is 11.3. The van der Waals surface area contributed by atoms with E-state index in [0.717, 1.165) is 5.01 Å². The molecule has 2 heterocycles. The van der Waals surface area contributed by atoms with E-state index in [2.05, 4.69) is 10.6 Å². The first kappa shape index (κ1) is 24.7. The summed E-state index contributed by atoms with van der Waals surface area (Å²) < 4.78 is 4.82. The third-order valence-electron chi connectivity index (χ3n) is 5.59. The van der Waals surface area contributed by atoms with E-state index in [-0.39, 0.29) is 50.4 Å². The van der Waals surface area contributed by atoms with Crippen LogP contribution in [0.1, 0.15) is 49.4 Å². The summed E-state index contributed by atoms with van der Waals surface area (Å²) in [6, 6.07) is 6.32. The van der Waals surface area contributed by atoms with Gasteiger partial charge in [0.1, 0.15) is 12.1 Å². The summed E-state index contributed by atoms with van der Waals surface area (Å²) in [5.41, 5.74) is 0.274. The molecule has 0 bridgehead atoms. The molecule has 0 aromatic heterocycles. The number of nitrogens with one attached hydrogen (secondary N) is 2. The number of aliphatic hydroxyl groups excluding tert-OH is 1. The number of esters is 1. The van der Waals surface area contributed by atoms with Crippen LogP contribution >= 0.6 is 0 Å². The lowest BCUT2D eigenvalue weighted by Crippen LogP contribution is -2.63. The minimum Gasteiger partial charge on any atom is -0.514 e. The highest BCUT2D eigenvalue weighted by atomic mass is 16.5. The zero-order valence-electron chi connectivity index (χ0n) is 18.9. The molecule has 2 atom stereocenters. The van der Waals surface area contributed by atoms with Crippen molar-refractivity contribution in [3.05, 3.63) is 47.9 Å². The first-order chi connectivity index (χ1) is 16.3. The van der Waals surface area contributed by atoms with Gasteiger partial charge in [-0.2, -0.15) is 0 Å². The summed E-state index contributed by atoms with van der Waals surface area (Å²) in [4.78, 5) is 63.5.